The molecule has 19 heavy (non-hydrogen) atoms. The van der Waals surface area contributed by atoms with E-state index in [4.69, 9.17) is 18.0 Å². The summed E-state index contributed by atoms with van der Waals surface area (Å²) in [5, 5.41) is 0. The maximum Gasteiger partial charge on any atom is 0.215 e. The van der Waals surface area contributed by atoms with Crippen molar-refractivity contribution in [3.63, 3.8) is 0 Å². The molecular formula is C12H19N3O2S2. The zero-order valence-corrected chi connectivity index (χ0v) is 12.7. The highest BCUT2D eigenvalue weighted by molar-refractivity contribution is 7.88. The van der Waals surface area contributed by atoms with Crippen LogP contribution in [-0.2, 0) is 15.8 Å². The summed E-state index contributed by atoms with van der Waals surface area (Å²) in [4.78, 5) is 2.12. The molecule has 0 amide bonds. The lowest BCUT2D eigenvalue weighted by atomic mass is 10.1. The van der Waals surface area contributed by atoms with Crippen LogP contribution < -0.4 is 10.5 Å². The van der Waals surface area contributed by atoms with Gasteiger partial charge in [-0.05, 0) is 19.7 Å². The van der Waals surface area contributed by atoms with E-state index in [2.05, 4.69) is 4.72 Å². The van der Waals surface area contributed by atoms with Crippen LogP contribution in [0, 0.1) is 0 Å². The number of likely N-dealkylation sites (N-methyl/N-ethyl adjacent to an activating group) is 1. The Balaban J connectivity index is 2.76. The molecule has 0 bridgehead atoms. The molecule has 0 saturated carbocycles. The van der Waals surface area contributed by atoms with Gasteiger partial charge in [-0.15, -0.1) is 0 Å². The normalized spacial score (nSPS) is 11.7. The molecule has 0 aliphatic rings. The summed E-state index contributed by atoms with van der Waals surface area (Å²) in [5.41, 5.74) is 6.81. The number of nitrogens with zero attached hydrogens (tertiary/aromatic N) is 1. The minimum absolute atomic E-state index is 0.117. The van der Waals surface area contributed by atoms with Crippen LogP contribution in [0.15, 0.2) is 24.3 Å². The molecule has 3 N–H and O–H groups in total. The smallest absolute Gasteiger partial charge is 0.215 e. The number of hydrogen-bond acceptors (Lipinski definition) is 4. The van der Waals surface area contributed by atoms with Crippen molar-refractivity contribution >= 4 is 27.2 Å². The molecule has 0 aliphatic carbocycles. The fourth-order valence-electron chi connectivity index (χ4n) is 1.57. The predicted octanol–water partition coefficient (Wildman–Crippen LogP) is 0.302. The second kappa shape index (κ2) is 6.95. The molecule has 0 heterocycles. The Morgan fingerprint density at radius 1 is 1.37 bits per heavy atom. The Bertz CT molecular complexity index is 542. The van der Waals surface area contributed by atoms with Crippen LogP contribution in [0.5, 0.6) is 0 Å². The van der Waals surface area contributed by atoms with E-state index < -0.39 is 10.0 Å². The molecular weight excluding hydrogens is 282 g/mol. The quantitative estimate of drug-likeness (QED) is 0.709. The average molecular weight is 301 g/mol. The van der Waals surface area contributed by atoms with E-state index in [0.29, 0.717) is 24.2 Å². The van der Waals surface area contributed by atoms with Gasteiger partial charge in [0.15, 0.2) is 0 Å². The van der Waals surface area contributed by atoms with Crippen molar-refractivity contribution < 1.29 is 8.42 Å². The molecule has 0 aromatic heterocycles. The van der Waals surface area contributed by atoms with Crippen LogP contribution in [0.25, 0.3) is 0 Å². The fourth-order valence-corrected chi connectivity index (χ4v) is 2.93. The highest BCUT2D eigenvalue weighted by Crippen LogP contribution is 2.11. The van der Waals surface area contributed by atoms with E-state index in [-0.39, 0.29) is 10.7 Å². The summed E-state index contributed by atoms with van der Waals surface area (Å²) in [6.45, 7) is 1.03. The van der Waals surface area contributed by atoms with Gasteiger partial charge in [0.2, 0.25) is 10.0 Å². The zero-order valence-electron chi connectivity index (χ0n) is 11.1. The Hall–Kier alpha value is -1.02. The maximum absolute atomic E-state index is 11.9. The van der Waals surface area contributed by atoms with E-state index in [1.807, 2.05) is 19.0 Å². The molecule has 1 aromatic carbocycles. The van der Waals surface area contributed by atoms with Crippen LogP contribution in [0.2, 0.25) is 0 Å². The lowest BCUT2D eigenvalue weighted by molar-refractivity contribution is 0.412. The molecule has 106 valence electrons. The summed E-state index contributed by atoms with van der Waals surface area (Å²) < 4.78 is 26.4. The standard InChI is InChI=1S/C12H19N3O2S2/c1-15(2)8-7-14-19(16,17)9-10-5-3-4-6-11(10)12(13)18/h3-6,14H,7-9H2,1-2H3,(H2,13,18). The van der Waals surface area contributed by atoms with Crippen LogP contribution in [0.3, 0.4) is 0 Å². The van der Waals surface area contributed by atoms with Crippen molar-refractivity contribution in [2.24, 2.45) is 5.73 Å². The third kappa shape index (κ3) is 5.65. The van der Waals surface area contributed by atoms with Gasteiger partial charge in [-0.3, -0.25) is 0 Å². The number of rotatable bonds is 7. The molecule has 0 unspecified atom stereocenters. The predicted molar refractivity (Wildman–Crippen MR) is 81.5 cm³/mol. The zero-order chi connectivity index (χ0) is 14.5. The third-order valence-corrected chi connectivity index (χ3v) is 4.06. The summed E-state index contributed by atoms with van der Waals surface area (Å²) >= 11 is 4.92. The van der Waals surface area contributed by atoms with Crippen molar-refractivity contribution in [3.05, 3.63) is 35.4 Å². The highest BCUT2D eigenvalue weighted by atomic mass is 32.2. The van der Waals surface area contributed by atoms with Gasteiger partial charge in [0, 0.05) is 18.7 Å². The van der Waals surface area contributed by atoms with Crippen molar-refractivity contribution in [3.8, 4) is 0 Å². The Morgan fingerprint density at radius 3 is 2.58 bits per heavy atom. The molecule has 5 nitrogen and oxygen atoms in total. The minimum Gasteiger partial charge on any atom is -0.389 e. The van der Waals surface area contributed by atoms with Gasteiger partial charge in [-0.1, -0.05) is 36.5 Å². The second-order valence-corrected chi connectivity index (χ2v) is 6.72. The summed E-state index contributed by atoms with van der Waals surface area (Å²) in [7, 11) is 0.393. The van der Waals surface area contributed by atoms with Crippen molar-refractivity contribution in [2.45, 2.75) is 5.75 Å². The van der Waals surface area contributed by atoms with Crippen LogP contribution in [-0.4, -0.2) is 45.5 Å². The second-order valence-electron chi connectivity index (χ2n) is 4.48. The van der Waals surface area contributed by atoms with Crippen molar-refractivity contribution in [1.29, 1.82) is 0 Å². The van der Waals surface area contributed by atoms with E-state index in [1.54, 1.807) is 24.3 Å². The SMILES string of the molecule is CN(C)CCNS(=O)(=O)Cc1ccccc1C(N)=S. The maximum atomic E-state index is 11.9. The number of thiocarbonyl (C=S) groups is 1. The van der Waals surface area contributed by atoms with E-state index >= 15 is 0 Å². The van der Waals surface area contributed by atoms with Gasteiger partial charge >= 0.3 is 0 Å². The van der Waals surface area contributed by atoms with Crippen LogP contribution >= 0.6 is 12.2 Å². The molecule has 0 saturated heterocycles. The lowest BCUT2D eigenvalue weighted by Gasteiger charge is -2.12. The van der Waals surface area contributed by atoms with Crippen molar-refractivity contribution in [1.82, 2.24) is 9.62 Å². The van der Waals surface area contributed by atoms with Crippen molar-refractivity contribution in [2.75, 3.05) is 27.2 Å². The molecule has 1 aromatic rings. The first kappa shape index (κ1) is 16.0. The third-order valence-electron chi connectivity index (χ3n) is 2.51. The lowest BCUT2D eigenvalue weighted by Crippen LogP contribution is -2.32. The van der Waals surface area contributed by atoms with Gasteiger partial charge in [-0.25, -0.2) is 13.1 Å². The molecule has 0 spiro atoms. The number of nitrogens with two attached hydrogens (primary N) is 1. The summed E-state index contributed by atoms with van der Waals surface area (Å²) in [6, 6.07) is 7.00. The molecule has 1 rings (SSSR count). The Morgan fingerprint density at radius 2 is 2.00 bits per heavy atom. The first-order valence-corrected chi connectivity index (χ1v) is 7.87. The Kier molecular flexibility index (Phi) is 5.86. The first-order valence-electron chi connectivity index (χ1n) is 5.81. The highest BCUT2D eigenvalue weighted by Gasteiger charge is 2.14. The molecule has 0 fully saturated rings. The number of sulfonamides is 1. The number of benzene rings is 1. The minimum atomic E-state index is -3.38. The Labute approximate surface area is 119 Å². The van der Waals surface area contributed by atoms with Gasteiger partial charge < -0.3 is 10.6 Å². The molecule has 0 aliphatic heterocycles. The molecule has 7 heteroatoms. The van der Waals surface area contributed by atoms with Crippen LogP contribution in [0.4, 0.5) is 0 Å². The fraction of sp³-hybridized carbons (Fsp3) is 0.417. The topological polar surface area (TPSA) is 75.4 Å². The van der Waals surface area contributed by atoms with Crippen LogP contribution in [0.1, 0.15) is 11.1 Å². The van der Waals surface area contributed by atoms with Gasteiger partial charge in [0.1, 0.15) is 4.99 Å². The van der Waals surface area contributed by atoms with E-state index in [9.17, 15) is 8.42 Å². The first-order chi connectivity index (χ1) is 8.82. The monoisotopic (exact) mass is 301 g/mol. The summed E-state index contributed by atoms with van der Waals surface area (Å²) in [6.07, 6.45) is 0. The number of hydrogen-bond donors (Lipinski definition) is 2. The largest absolute Gasteiger partial charge is 0.389 e. The molecule has 0 atom stereocenters. The van der Waals surface area contributed by atoms with Gasteiger partial charge in [0.25, 0.3) is 0 Å². The summed E-state index contributed by atoms with van der Waals surface area (Å²) in [5.74, 6) is -0.117. The number of nitrogens with one attached hydrogen (secondary N) is 1. The molecule has 0 radical (unpaired) electrons. The van der Waals surface area contributed by atoms with E-state index in [1.165, 1.54) is 0 Å². The van der Waals surface area contributed by atoms with Gasteiger partial charge in [0.05, 0.1) is 5.75 Å². The van der Waals surface area contributed by atoms with E-state index in [0.717, 1.165) is 0 Å². The average Bonchev–Trinajstić information content (AvgIpc) is 2.27. The van der Waals surface area contributed by atoms with Gasteiger partial charge in [-0.2, -0.15) is 0 Å².